The van der Waals surface area contributed by atoms with Crippen LogP contribution in [0.15, 0.2) is 18.2 Å². The molecule has 0 radical (unpaired) electrons. The number of halogens is 2. The summed E-state index contributed by atoms with van der Waals surface area (Å²) >= 11 is 0. The quantitative estimate of drug-likeness (QED) is 0.865. The maximum Gasteiger partial charge on any atom is 0.328 e. The number of benzene rings is 1. The van der Waals surface area contributed by atoms with E-state index in [4.69, 9.17) is 5.11 Å². The van der Waals surface area contributed by atoms with Crippen molar-refractivity contribution in [1.29, 1.82) is 0 Å². The van der Waals surface area contributed by atoms with E-state index in [0.29, 0.717) is 12.5 Å². The van der Waals surface area contributed by atoms with Crippen molar-refractivity contribution in [3.63, 3.8) is 0 Å². The molecule has 1 fully saturated rings. The van der Waals surface area contributed by atoms with E-state index in [2.05, 4.69) is 6.92 Å². The van der Waals surface area contributed by atoms with Crippen LogP contribution in [0.5, 0.6) is 0 Å². The van der Waals surface area contributed by atoms with Crippen molar-refractivity contribution in [2.24, 2.45) is 5.92 Å². The van der Waals surface area contributed by atoms with Crippen LogP contribution < -0.4 is 4.90 Å². The highest BCUT2D eigenvalue weighted by Gasteiger charge is 2.27. The zero-order valence-corrected chi connectivity index (χ0v) is 12.1. The Morgan fingerprint density at radius 2 is 1.95 bits per heavy atom. The minimum Gasteiger partial charge on any atom is -0.478 e. The van der Waals surface area contributed by atoms with Crippen LogP contribution in [0.3, 0.4) is 0 Å². The van der Waals surface area contributed by atoms with Crippen molar-refractivity contribution >= 4 is 17.7 Å². The molecule has 0 saturated carbocycles. The van der Waals surface area contributed by atoms with Gasteiger partial charge in [0, 0.05) is 18.7 Å². The average molecular weight is 295 g/mol. The Kier molecular flexibility index (Phi) is 4.60. The summed E-state index contributed by atoms with van der Waals surface area (Å²) in [5.41, 5.74) is 0.191. The van der Waals surface area contributed by atoms with E-state index < -0.39 is 17.6 Å². The Balaban J connectivity index is 2.31. The summed E-state index contributed by atoms with van der Waals surface area (Å²) in [6, 6.07) is 2.42. The van der Waals surface area contributed by atoms with Crippen LogP contribution in [-0.2, 0) is 4.79 Å². The first-order valence-electron chi connectivity index (χ1n) is 7.05. The predicted molar refractivity (Wildman–Crippen MR) is 78.2 cm³/mol. The lowest BCUT2D eigenvalue weighted by Crippen LogP contribution is -2.41. The van der Waals surface area contributed by atoms with Crippen LogP contribution in [0.25, 0.3) is 6.08 Å². The zero-order valence-electron chi connectivity index (χ0n) is 12.1. The van der Waals surface area contributed by atoms with Gasteiger partial charge in [-0.1, -0.05) is 6.92 Å². The number of carbonyl (C=O) groups is 1. The molecule has 1 saturated heterocycles. The van der Waals surface area contributed by atoms with Gasteiger partial charge in [0.2, 0.25) is 0 Å². The molecule has 2 rings (SSSR count). The second-order valence-corrected chi connectivity index (χ2v) is 5.68. The average Bonchev–Trinajstić information content (AvgIpc) is 2.38. The standard InChI is InChI=1S/C16H19F2NO2/c1-10-5-6-19(11(2)7-10)16-13(17)8-12(9-14(16)18)3-4-15(20)21/h3-4,8-11H,5-7H2,1-2H3,(H,20,21). The first kappa shape index (κ1) is 15.5. The van der Waals surface area contributed by atoms with Gasteiger partial charge in [-0.15, -0.1) is 0 Å². The molecule has 1 aliphatic heterocycles. The fraction of sp³-hybridized carbons (Fsp3) is 0.438. The SMILES string of the molecule is CC1CCN(c2c(F)cc(C=CC(=O)O)cc2F)C(C)C1. The number of rotatable bonds is 3. The number of piperidine rings is 1. The first-order valence-corrected chi connectivity index (χ1v) is 7.05. The molecule has 1 aromatic carbocycles. The van der Waals surface area contributed by atoms with Crippen LogP contribution in [0.4, 0.5) is 14.5 Å². The van der Waals surface area contributed by atoms with Crippen molar-refractivity contribution in [2.75, 3.05) is 11.4 Å². The Morgan fingerprint density at radius 3 is 2.48 bits per heavy atom. The molecule has 2 atom stereocenters. The lowest BCUT2D eigenvalue weighted by atomic mass is 9.92. The zero-order chi connectivity index (χ0) is 15.6. The first-order chi connectivity index (χ1) is 9.88. The summed E-state index contributed by atoms with van der Waals surface area (Å²) in [5, 5.41) is 8.55. The largest absolute Gasteiger partial charge is 0.478 e. The van der Waals surface area contributed by atoms with Crippen molar-refractivity contribution in [2.45, 2.75) is 32.7 Å². The van der Waals surface area contributed by atoms with E-state index in [-0.39, 0.29) is 17.3 Å². The Bertz CT molecular complexity index is 548. The van der Waals surface area contributed by atoms with Gasteiger partial charge in [0.15, 0.2) is 0 Å². The van der Waals surface area contributed by atoms with Crippen molar-refractivity contribution in [3.8, 4) is 0 Å². The van der Waals surface area contributed by atoms with Crippen LogP contribution in [0.2, 0.25) is 0 Å². The summed E-state index contributed by atoms with van der Waals surface area (Å²) in [4.78, 5) is 12.2. The van der Waals surface area contributed by atoms with E-state index in [1.807, 2.05) is 6.92 Å². The lowest BCUT2D eigenvalue weighted by Gasteiger charge is -2.38. The molecule has 0 aliphatic carbocycles. The summed E-state index contributed by atoms with van der Waals surface area (Å²) in [7, 11) is 0. The number of carboxylic acids is 1. The molecule has 114 valence electrons. The van der Waals surface area contributed by atoms with Gasteiger partial charge >= 0.3 is 5.97 Å². The molecule has 5 heteroatoms. The third-order valence-corrected chi connectivity index (χ3v) is 3.88. The molecule has 1 aromatic rings. The van der Waals surface area contributed by atoms with Gasteiger partial charge in [0.1, 0.15) is 17.3 Å². The molecule has 0 aromatic heterocycles. The van der Waals surface area contributed by atoms with Gasteiger partial charge in [-0.05, 0) is 49.5 Å². The smallest absolute Gasteiger partial charge is 0.328 e. The normalized spacial score (nSPS) is 22.8. The van der Waals surface area contributed by atoms with E-state index in [1.165, 1.54) is 18.2 Å². The Hall–Kier alpha value is -1.91. The number of aliphatic carboxylic acids is 1. The number of hydrogen-bond acceptors (Lipinski definition) is 2. The number of nitrogens with zero attached hydrogens (tertiary/aromatic N) is 1. The summed E-state index contributed by atoms with van der Waals surface area (Å²) in [6.07, 6.45) is 3.85. The minimum atomic E-state index is -1.15. The summed E-state index contributed by atoms with van der Waals surface area (Å²) in [6.45, 7) is 4.73. The maximum absolute atomic E-state index is 14.2. The highest BCUT2D eigenvalue weighted by molar-refractivity contribution is 5.85. The van der Waals surface area contributed by atoms with E-state index in [0.717, 1.165) is 18.9 Å². The van der Waals surface area contributed by atoms with Crippen molar-refractivity contribution in [1.82, 2.24) is 0 Å². The molecule has 21 heavy (non-hydrogen) atoms. The van der Waals surface area contributed by atoms with Crippen LogP contribution in [-0.4, -0.2) is 23.7 Å². The second-order valence-electron chi connectivity index (χ2n) is 5.68. The van der Waals surface area contributed by atoms with Gasteiger partial charge in [0.25, 0.3) is 0 Å². The van der Waals surface area contributed by atoms with Crippen LogP contribution in [0, 0.1) is 17.6 Å². The van der Waals surface area contributed by atoms with Crippen molar-refractivity contribution < 1.29 is 18.7 Å². The maximum atomic E-state index is 14.2. The monoisotopic (exact) mass is 295 g/mol. The van der Waals surface area contributed by atoms with E-state index in [9.17, 15) is 13.6 Å². The van der Waals surface area contributed by atoms with Gasteiger partial charge in [0.05, 0.1) is 0 Å². The predicted octanol–water partition coefficient (Wildman–Crippen LogP) is 3.69. The molecule has 1 aliphatic rings. The molecule has 3 nitrogen and oxygen atoms in total. The van der Waals surface area contributed by atoms with Gasteiger partial charge in [-0.2, -0.15) is 0 Å². The lowest BCUT2D eigenvalue weighted by molar-refractivity contribution is -0.131. The highest BCUT2D eigenvalue weighted by Crippen LogP contribution is 2.32. The molecular formula is C16H19F2NO2. The number of carboxylic acid groups (broad SMARTS) is 1. The minimum absolute atomic E-state index is 0.0122. The second kappa shape index (κ2) is 6.24. The van der Waals surface area contributed by atoms with E-state index in [1.54, 1.807) is 4.90 Å². The topological polar surface area (TPSA) is 40.5 Å². The fourth-order valence-electron chi connectivity index (χ4n) is 2.86. The molecule has 0 amide bonds. The molecule has 2 unspecified atom stereocenters. The molecular weight excluding hydrogens is 276 g/mol. The van der Waals surface area contributed by atoms with Crippen LogP contribution in [0.1, 0.15) is 32.3 Å². The molecule has 0 spiro atoms. The third kappa shape index (κ3) is 3.60. The summed E-state index contributed by atoms with van der Waals surface area (Å²) in [5.74, 6) is -1.90. The Morgan fingerprint density at radius 1 is 1.33 bits per heavy atom. The third-order valence-electron chi connectivity index (χ3n) is 3.88. The number of anilines is 1. The summed E-state index contributed by atoms with van der Waals surface area (Å²) < 4.78 is 28.5. The molecule has 1 N–H and O–H groups in total. The van der Waals surface area contributed by atoms with E-state index >= 15 is 0 Å². The highest BCUT2D eigenvalue weighted by atomic mass is 19.1. The molecule has 0 bridgehead atoms. The van der Waals surface area contributed by atoms with Gasteiger partial charge < -0.3 is 10.0 Å². The molecule has 1 heterocycles. The fourth-order valence-corrected chi connectivity index (χ4v) is 2.86. The van der Waals surface area contributed by atoms with Crippen LogP contribution >= 0.6 is 0 Å². The van der Waals surface area contributed by atoms with Crippen molar-refractivity contribution in [3.05, 3.63) is 35.4 Å². The Labute approximate surface area is 122 Å². The number of hydrogen-bond donors (Lipinski definition) is 1. The van der Waals surface area contributed by atoms with Gasteiger partial charge in [-0.3, -0.25) is 0 Å². The van der Waals surface area contributed by atoms with Gasteiger partial charge in [-0.25, -0.2) is 13.6 Å².